The number of rotatable bonds is 7. The largest absolute Gasteiger partial charge is 0.326 e. The Morgan fingerprint density at radius 3 is 2.11 bits per heavy atom. The summed E-state index contributed by atoms with van der Waals surface area (Å²) in [6, 6.07) is 0.338. The summed E-state index contributed by atoms with van der Waals surface area (Å²) < 4.78 is 0. The topological polar surface area (TPSA) is 29.3 Å². The summed E-state index contributed by atoms with van der Waals surface area (Å²) >= 11 is 0. The molecule has 2 heteroatoms. The van der Waals surface area contributed by atoms with E-state index in [1.807, 2.05) is 0 Å². The Bertz CT molecular complexity index is 244. The van der Waals surface area contributed by atoms with Crippen molar-refractivity contribution in [2.24, 2.45) is 17.6 Å². The lowest BCUT2D eigenvalue weighted by molar-refractivity contribution is 0.0300. The second kappa shape index (κ2) is 7.64. The maximum atomic E-state index is 6.82. The predicted octanol–water partition coefficient (Wildman–Crippen LogP) is 4.04. The van der Waals surface area contributed by atoms with Crippen molar-refractivity contribution in [3.8, 4) is 0 Å². The standard InChI is InChI=1S/C17H36N2/c1-6-17(7-2,19(8-3)9-4)16(18)15-12-10-11-14(5)13-15/h14-16H,6-13,18H2,1-5H3. The Morgan fingerprint density at radius 2 is 1.68 bits per heavy atom. The van der Waals surface area contributed by atoms with Gasteiger partial charge in [0.05, 0.1) is 0 Å². The van der Waals surface area contributed by atoms with Crippen LogP contribution in [0, 0.1) is 11.8 Å². The van der Waals surface area contributed by atoms with Gasteiger partial charge in [0, 0.05) is 11.6 Å². The van der Waals surface area contributed by atoms with Crippen LogP contribution in [0.2, 0.25) is 0 Å². The molecular weight excluding hydrogens is 232 g/mol. The second-order valence-corrected chi connectivity index (χ2v) is 6.54. The molecule has 19 heavy (non-hydrogen) atoms. The number of nitrogens with zero attached hydrogens (tertiary/aromatic N) is 1. The Labute approximate surface area is 121 Å². The fourth-order valence-electron chi connectivity index (χ4n) is 4.48. The molecule has 1 saturated carbocycles. The fourth-order valence-corrected chi connectivity index (χ4v) is 4.48. The third kappa shape index (κ3) is 3.52. The molecule has 0 aromatic heterocycles. The molecule has 0 aliphatic heterocycles. The Kier molecular flexibility index (Phi) is 6.82. The van der Waals surface area contributed by atoms with E-state index in [0.29, 0.717) is 6.04 Å². The molecule has 0 saturated heterocycles. The van der Waals surface area contributed by atoms with Gasteiger partial charge in [0.2, 0.25) is 0 Å². The first-order valence-corrected chi connectivity index (χ1v) is 8.56. The van der Waals surface area contributed by atoms with Crippen LogP contribution in [-0.2, 0) is 0 Å². The van der Waals surface area contributed by atoms with Gasteiger partial charge >= 0.3 is 0 Å². The third-order valence-corrected chi connectivity index (χ3v) is 5.72. The Morgan fingerprint density at radius 1 is 1.11 bits per heavy atom. The van der Waals surface area contributed by atoms with E-state index >= 15 is 0 Å². The van der Waals surface area contributed by atoms with E-state index in [1.165, 1.54) is 38.5 Å². The molecule has 1 rings (SSSR count). The summed E-state index contributed by atoms with van der Waals surface area (Å²) in [5.74, 6) is 1.59. The quantitative estimate of drug-likeness (QED) is 0.755. The monoisotopic (exact) mass is 268 g/mol. The summed E-state index contributed by atoms with van der Waals surface area (Å²) in [5, 5.41) is 0. The molecule has 3 unspecified atom stereocenters. The predicted molar refractivity (Wildman–Crippen MR) is 85.3 cm³/mol. The van der Waals surface area contributed by atoms with Crippen molar-refractivity contribution >= 4 is 0 Å². The zero-order chi connectivity index (χ0) is 14.5. The smallest absolute Gasteiger partial charge is 0.0357 e. The average molecular weight is 268 g/mol. The lowest BCUT2D eigenvalue weighted by atomic mass is 9.70. The zero-order valence-corrected chi connectivity index (χ0v) is 13.9. The molecule has 1 aliphatic carbocycles. The molecule has 114 valence electrons. The minimum absolute atomic E-state index is 0.214. The second-order valence-electron chi connectivity index (χ2n) is 6.54. The third-order valence-electron chi connectivity index (χ3n) is 5.72. The highest BCUT2D eigenvalue weighted by Gasteiger charge is 2.42. The van der Waals surface area contributed by atoms with E-state index in [1.54, 1.807) is 0 Å². The molecule has 0 aromatic carbocycles. The molecule has 0 bridgehead atoms. The average Bonchev–Trinajstić information content (AvgIpc) is 2.44. The molecule has 2 N–H and O–H groups in total. The van der Waals surface area contributed by atoms with Crippen LogP contribution in [0.5, 0.6) is 0 Å². The van der Waals surface area contributed by atoms with Gasteiger partial charge in [-0.05, 0) is 50.6 Å². The number of nitrogens with two attached hydrogens (primary N) is 1. The van der Waals surface area contributed by atoms with Crippen LogP contribution >= 0.6 is 0 Å². The SMILES string of the molecule is CCN(CC)C(CC)(CC)C(N)C1CCCC(C)C1. The van der Waals surface area contributed by atoms with Crippen molar-refractivity contribution in [2.75, 3.05) is 13.1 Å². The van der Waals surface area contributed by atoms with Gasteiger partial charge in [-0.1, -0.05) is 47.5 Å². The van der Waals surface area contributed by atoms with Crippen LogP contribution in [0.4, 0.5) is 0 Å². The van der Waals surface area contributed by atoms with Crippen LogP contribution in [-0.4, -0.2) is 29.6 Å². The number of likely N-dealkylation sites (N-methyl/N-ethyl adjacent to an activating group) is 1. The lowest BCUT2D eigenvalue weighted by Gasteiger charge is -2.50. The highest BCUT2D eigenvalue weighted by Crippen LogP contribution is 2.38. The molecule has 1 aliphatic rings. The molecule has 3 atom stereocenters. The molecule has 0 aromatic rings. The first kappa shape index (κ1) is 17.0. The highest BCUT2D eigenvalue weighted by atomic mass is 15.2. The summed E-state index contributed by atoms with van der Waals surface area (Å²) in [4.78, 5) is 2.62. The summed E-state index contributed by atoms with van der Waals surface area (Å²) in [7, 11) is 0. The normalized spacial score (nSPS) is 26.7. The summed E-state index contributed by atoms with van der Waals surface area (Å²) in [5.41, 5.74) is 7.03. The van der Waals surface area contributed by atoms with Gasteiger partial charge in [-0.25, -0.2) is 0 Å². The van der Waals surface area contributed by atoms with Crippen molar-refractivity contribution in [2.45, 2.75) is 84.7 Å². The molecule has 2 nitrogen and oxygen atoms in total. The lowest BCUT2D eigenvalue weighted by Crippen LogP contribution is -2.62. The Balaban J connectivity index is 2.90. The van der Waals surface area contributed by atoms with Crippen LogP contribution in [0.3, 0.4) is 0 Å². The van der Waals surface area contributed by atoms with Gasteiger partial charge in [0.15, 0.2) is 0 Å². The van der Waals surface area contributed by atoms with E-state index in [2.05, 4.69) is 39.5 Å². The minimum atomic E-state index is 0.214. The summed E-state index contributed by atoms with van der Waals surface area (Å²) in [6.45, 7) is 13.8. The van der Waals surface area contributed by atoms with E-state index < -0.39 is 0 Å². The van der Waals surface area contributed by atoms with Gasteiger partial charge in [-0.3, -0.25) is 4.90 Å². The molecule has 1 fully saturated rings. The Hall–Kier alpha value is -0.0800. The maximum Gasteiger partial charge on any atom is 0.0357 e. The van der Waals surface area contributed by atoms with E-state index in [4.69, 9.17) is 5.73 Å². The molecule has 0 amide bonds. The van der Waals surface area contributed by atoms with Gasteiger partial charge < -0.3 is 5.73 Å². The van der Waals surface area contributed by atoms with Crippen molar-refractivity contribution in [3.05, 3.63) is 0 Å². The number of hydrogen-bond acceptors (Lipinski definition) is 2. The fraction of sp³-hybridized carbons (Fsp3) is 1.00. The highest BCUT2D eigenvalue weighted by molar-refractivity contribution is 5.00. The first-order valence-electron chi connectivity index (χ1n) is 8.56. The van der Waals surface area contributed by atoms with Crippen molar-refractivity contribution in [1.82, 2.24) is 4.90 Å². The van der Waals surface area contributed by atoms with E-state index in [-0.39, 0.29) is 5.54 Å². The van der Waals surface area contributed by atoms with Gasteiger partial charge in [0.1, 0.15) is 0 Å². The number of hydrogen-bond donors (Lipinski definition) is 1. The maximum absolute atomic E-state index is 6.82. The summed E-state index contributed by atoms with van der Waals surface area (Å²) in [6.07, 6.45) is 7.81. The van der Waals surface area contributed by atoms with Crippen molar-refractivity contribution < 1.29 is 0 Å². The molecule has 0 heterocycles. The van der Waals surface area contributed by atoms with E-state index in [9.17, 15) is 0 Å². The molecule has 0 radical (unpaired) electrons. The van der Waals surface area contributed by atoms with Gasteiger partial charge in [-0.15, -0.1) is 0 Å². The first-order chi connectivity index (χ1) is 9.05. The van der Waals surface area contributed by atoms with Crippen LogP contribution in [0.15, 0.2) is 0 Å². The van der Waals surface area contributed by atoms with Crippen LogP contribution < -0.4 is 5.73 Å². The van der Waals surface area contributed by atoms with Gasteiger partial charge in [0.25, 0.3) is 0 Å². The van der Waals surface area contributed by atoms with E-state index in [0.717, 1.165) is 24.9 Å². The molecular formula is C17H36N2. The van der Waals surface area contributed by atoms with Crippen LogP contribution in [0.25, 0.3) is 0 Å². The van der Waals surface area contributed by atoms with Crippen molar-refractivity contribution in [3.63, 3.8) is 0 Å². The zero-order valence-electron chi connectivity index (χ0n) is 13.9. The minimum Gasteiger partial charge on any atom is -0.326 e. The molecule has 0 spiro atoms. The van der Waals surface area contributed by atoms with Gasteiger partial charge in [-0.2, -0.15) is 0 Å². The van der Waals surface area contributed by atoms with Crippen LogP contribution in [0.1, 0.15) is 73.1 Å². The van der Waals surface area contributed by atoms with Crippen molar-refractivity contribution in [1.29, 1.82) is 0 Å².